The van der Waals surface area contributed by atoms with E-state index < -0.39 is 0 Å². The van der Waals surface area contributed by atoms with E-state index in [0.717, 1.165) is 57.2 Å². The van der Waals surface area contributed by atoms with Crippen molar-refractivity contribution in [1.29, 1.82) is 0 Å². The van der Waals surface area contributed by atoms with Gasteiger partial charge in [0.1, 0.15) is 12.1 Å². The second-order valence-electron chi connectivity index (χ2n) is 6.20. The van der Waals surface area contributed by atoms with E-state index in [-0.39, 0.29) is 6.10 Å². The Kier molecular flexibility index (Phi) is 4.39. The van der Waals surface area contributed by atoms with Crippen molar-refractivity contribution >= 4 is 39.0 Å². The average Bonchev–Trinajstić information content (AvgIpc) is 3.03. The van der Waals surface area contributed by atoms with Gasteiger partial charge in [0.05, 0.1) is 16.3 Å². The minimum absolute atomic E-state index is 0.147. The van der Waals surface area contributed by atoms with Gasteiger partial charge in [0.25, 0.3) is 0 Å². The van der Waals surface area contributed by atoms with Crippen LogP contribution in [0.5, 0.6) is 0 Å². The lowest BCUT2D eigenvalue weighted by molar-refractivity contribution is 0.126. The molecule has 1 aliphatic rings. The molecule has 3 aromatic rings. The highest BCUT2D eigenvalue weighted by Crippen LogP contribution is 2.36. The van der Waals surface area contributed by atoms with Crippen LogP contribution in [0.4, 0.5) is 5.82 Å². The maximum absolute atomic E-state index is 9.65. The smallest absolute Gasteiger partial charge is 0.147 e. The molecule has 0 amide bonds. The zero-order chi connectivity index (χ0) is 16.5. The first kappa shape index (κ1) is 15.8. The van der Waals surface area contributed by atoms with Gasteiger partial charge in [-0.2, -0.15) is 0 Å². The molecule has 0 unspecified atom stereocenters. The first-order valence-electron chi connectivity index (χ1n) is 8.14. The van der Waals surface area contributed by atoms with Crippen molar-refractivity contribution in [1.82, 2.24) is 9.97 Å². The van der Waals surface area contributed by atoms with E-state index in [2.05, 4.69) is 21.4 Å². The Labute approximate surface area is 149 Å². The second-order valence-corrected chi connectivity index (χ2v) is 7.69. The molecule has 2 N–H and O–H groups in total. The quantitative estimate of drug-likeness (QED) is 0.710. The SMILES string of the molecule is OC1CCC(Nc2ncnc3cc(-c4ccc(Cl)cc4)sc23)CC1. The van der Waals surface area contributed by atoms with Crippen molar-refractivity contribution in [2.24, 2.45) is 0 Å². The third-order valence-corrected chi connectivity index (χ3v) is 5.91. The highest BCUT2D eigenvalue weighted by atomic mass is 35.5. The standard InChI is InChI=1S/C18H18ClN3OS/c19-12-3-1-11(2-4-12)16-9-15-17(24-16)18(21-10-20-15)22-13-5-7-14(23)8-6-13/h1-4,9-10,13-14,23H,5-8H2,(H,20,21,22). The minimum atomic E-state index is -0.147. The van der Waals surface area contributed by atoms with Crippen molar-refractivity contribution in [3.8, 4) is 10.4 Å². The summed E-state index contributed by atoms with van der Waals surface area (Å²) in [6, 6.07) is 10.3. The third-order valence-electron chi connectivity index (χ3n) is 4.48. The van der Waals surface area contributed by atoms with Crippen LogP contribution in [0.15, 0.2) is 36.7 Å². The molecular formula is C18H18ClN3OS. The van der Waals surface area contributed by atoms with Crippen LogP contribution in [0.1, 0.15) is 25.7 Å². The Bertz CT molecular complexity index is 841. The summed E-state index contributed by atoms with van der Waals surface area (Å²) in [5.74, 6) is 0.895. The zero-order valence-electron chi connectivity index (χ0n) is 13.1. The summed E-state index contributed by atoms with van der Waals surface area (Å²) in [7, 11) is 0. The van der Waals surface area contributed by atoms with E-state index in [1.165, 1.54) is 0 Å². The van der Waals surface area contributed by atoms with Crippen LogP contribution in [-0.2, 0) is 0 Å². The number of nitrogens with one attached hydrogen (secondary N) is 1. The molecule has 24 heavy (non-hydrogen) atoms. The molecule has 124 valence electrons. The molecule has 2 aromatic heterocycles. The Hall–Kier alpha value is -1.69. The second kappa shape index (κ2) is 6.67. The minimum Gasteiger partial charge on any atom is -0.393 e. The lowest BCUT2D eigenvalue weighted by Gasteiger charge is -2.26. The van der Waals surface area contributed by atoms with E-state index in [1.807, 2.05) is 24.3 Å². The average molecular weight is 360 g/mol. The van der Waals surface area contributed by atoms with Crippen LogP contribution in [0.25, 0.3) is 20.7 Å². The number of aliphatic hydroxyl groups excluding tert-OH is 1. The van der Waals surface area contributed by atoms with E-state index in [9.17, 15) is 5.11 Å². The topological polar surface area (TPSA) is 58.0 Å². The molecule has 0 aliphatic heterocycles. The fourth-order valence-electron chi connectivity index (χ4n) is 3.13. The van der Waals surface area contributed by atoms with E-state index in [4.69, 9.17) is 11.6 Å². The third kappa shape index (κ3) is 3.24. The molecule has 4 nitrogen and oxygen atoms in total. The largest absolute Gasteiger partial charge is 0.393 e. The summed E-state index contributed by atoms with van der Waals surface area (Å²) in [5.41, 5.74) is 2.09. The fraction of sp³-hybridized carbons (Fsp3) is 0.333. The first-order valence-corrected chi connectivity index (χ1v) is 9.33. The lowest BCUT2D eigenvalue weighted by atomic mass is 9.93. The number of rotatable bonds is 3. The van der Waals surface area contributed by atoms with Gasteiger partial charge in [0, 0.05) is 15.9 Å². The molecule has 0 saturated heterocycles. The molecule has 1 fully saturated rings. The summed E-state index contributed by atoms with van der Waals surface area (Å²) in [6.07, 6.45) is 5.12. The van der Waals surface area contributed by atoms with Gasteiger partial charge in [-0.3, -0.25) is 0 Å². The Morgan fingerprint density at radius 1 is 1.08 bits per heavy atom. The highest BCUT2D eigenvalue weighted by molar-refractivity contribution is 7.22. The maximum Gasteiger partial charge on any atom is 0.147 e. The number of nitrogens with zero attached hydrogens (tertiary/aromatic N) is 2. The first-order chi connectivity index (χ1) is 11.7. The van der Waals surface area contributed by atoms with Crippen molar-refractivity contribution < 1.29 is 5.11 Å². The van der Waals surface area contributed by atoms with Crippen LogP contribution in [0.3, 0.4) is 0 Å². The maximum atomic E-state index is 9.65. The zero-order valence-corrected chi connectivity index (χ0v) is 14.6. The van der Waals surface area contributed by atoms with Gasteiger partial charge < -0.3 is 10.4 Å². The van der Waals surface area contributed by atoms with Gasteiger partial charge in [-0.1, -0.05) is 23.7 Å². The van der Waals surface area contributed by atoms with Crippen molar-refractivity contribution in [2.75, 3.05) is 5.32 Å². The number of hydrogen-bond donors (Lipinski definition) is 2. The number of hydrogen-bond acceptors (Lipinski definition) is 5. The lowest BCUT2D eigenvalue weighted by Crippen LogP contribution is -2.28. The van der Waals surface area contributed by atoms with E-state index in [0.29, 0.717) is 6.04 Å². The molecule has 6 heteroatoms. The number of anilines is 1. The van der Waals surface area contributed by atoms with Crippen LogP contribution >= 0.6 is 22.9 Å². The van der Waals surface area contributed by atoms with Crippen molar-refractivity contribution in [3.05, 3.63) is 41.7 Å². The normalized spacial score (nSPS) is 21.1. The number of fused-ring (bicyclic) bond motifs is 1. The number of aliphatic hydroxyl groups is 1. The van der Waals surface area contributed by atoms with Gasteiger partial charge in [0.2, 0.25) is 0 Å². The summed E-state index contributed by atoms with van der Waals surface area (Å²) >= 11 is 7.67. The Morgan fingerprint density at radius 2 is 1.83 bits per heavy atom. The molecule has 1 aromatic carbocycles. The molecule has 2 heterocycles. The molecule has 1 aliphatic carbocycles. The van der Waals surface area contributed by atoms with Crippen LogP contribution in [0.2, 0.25) is 5.02 Å². The Balaban J connectivity index is 1.63. The molecule has 0 atom stereocenters. The van der Waals surface area contributed by atoms with Crippen LogP contribution < -0.4 is 5.32 Å². The molecule has 1 saturated carbocycles. The summed E-state index contributed by atoms with van der Waals surface area (Å²) in [6.45, 7) is 0. The van der Waals surface area contributed by atoms with Gasteiger partial charge in [0.15, 0.2) is 0 Å². The van der Waals surface area contributed by atoms with Crippen molar-refractivity contribution in [3.63, 3.8) is 0 Å². The van der Waals surface area contributed by atoms with Crippen molar-refractivity contribution in [2.45, 2.75) is 37.8 Å². The van der Waals surface area contributed by atoms with Crippen LogP contribution in [-0.4, -0.2) is 27.2 Å². The highest BCUT2D eigenvalue weighted by Gasteiger charge is 2.20. The van der Waals surface area contributed by atoms with Gasteiger partial charge in [-0.15, -0.1) is 11.3 Å². The molecule has 4 rings (SSSR count). The monoisotopic (exact) mass is 359 g/mol. The van der Waals surface area contributed by atoms with Gasteiger partial charge >= 0.3 is 0 Å². The summed E-state index contributed by atoms with van der Waals surface area (Å²) in [4.78, 5) is 10.0. The number of benzene rings is 1. The number of aromatic nitrogens is 2. The number of thiophene rings is 1. The van der Waals surface area contributed by atoms with E-state index >= 15 is 0 Å². The molecular weight excluding hydrogens is 342 g/mol. The predicted molar refractivity (Wildman–Crippen MR) is 99.7 cm³/mol. The summed E-state index contributed by atoms with van der Waals surface area (Å²) in [5, 5.41) is 13.9. The molecule has 0 spiro atoms. The van der Waals surface area contributed by atoms with E-state index in [1.54, 1.807) is 17.7 Å². The molecule has 0 radical (unpaired) electrons. The summed E-state index contributed by atoms with van der Waals surface area (Å²) < 4.78 is 1.08. The van der Waals surface area contributed by atoms with Gasteiger partial charge in [-0.25, -0.2) is 9.97 Å². The Morgan fingerprint density at radius 3 is 2.58 bits per heavy atom. The molecule has 0 bridgehead atoms. The predicted octanol–water partition coefficient (Wildman–Crippen LogP) is 4.73. The fourth-order valence-corrected chi connectivity index (χ4v) is 4.32. The van der Waals surface area contributed by atoms with Gasteiger partial charge in [-0.05, 0) is 49.4 Å². The van der Waals surface area contributed by atoms with Crippen LogP contribution in [0, 0.1) is 0 Å². The number of halogens is 1.